The van der Waals surface area contributed by atoms with Gasteiger partial charge in [-0.15, -0.1) is 29.1 Å². The van der Waals surface area contributed by atoms with Crippen molar-refractivity contribution < 1.29 is 30.0 Å². The molecule has 0 saturated carbocycles. The summed E-state index contributed by atoms with van der Waals surface area (Å²) in [6, 6.07) is 31.9. The van der Waals surface area contributed by atoms with Crippen molar-refractivity contribution in [3.05, 3.63) is 120 Å². The molecule has 1 N–H and O–H groups in total. The van der Waals surface area contributed by atoms with Crippen LogP contribution in [0.1, 0.15) is 105 Å². The van der Waals surface area contributed by atoms with Crippen molar-refractivity contribution in [1.29, 1.82) is 0 Å². The van der Waals surface area contributed by atoms with Crippen molar-refractivity contribution in [3.8, 4) is 33.6 Å². The maximum absolute atomic E-state index is 12.2. The largest absolute Gasteiger partial charge is 0.512 e. The molecule has 52 heavy (non-hydrogen) atoms. The van der Waals surface area contributed by atoms with Crippen molar-refractivity contribution in [2.45, 2.75) is 106 Å². The number of benzene rings is 4. The number of aliphatic hydroxyl groups excluding tert-OH is 1. The van der Waals surface area contributed by atoms with Gasteiger partial charge in [0.2, 0.25) is 0 Å². The van der Waals surface area contributed by atoms with Crippen LogP contribution >= 0.6 is 0 Å². The minimum Gasteiger partial charge on any atom is -0.512 e. The third kappa shape index (κ3) is 8.48. The Balaban J connectivity index is 0.000000289. The van der Waals surface area contributed by atoms with Gasteiger partial charge in [-0.05, 0) is 66.2 Å². The number of allylic oxidation sites excluding steroid dienone is 2. The smallest absolute Gasteiger partial charge is 0.164 e. The van der Waals surface area contributed by atoms with Gasteiger partial charge in [0, 0.05) is 48.3 Å². The molecule has 0 amide bonds. The summed E-state index contributed by atoms with van der Waals surface area (Å²) in [5, 5.41) is 12.5. The van der Waals surface area contributed by atoms with Crippen molar-refractivity contribution in [2.75, 3.05) is 0 Å². The zero-order valence-electron chi connectivity index (χ0n) is 32.5. The summed E-state index contributed by atoms with van der Waals surface area (Å²) in [5.41, 5.74) is 10.2. The molecule has 6 rings (SSSR count). The monoisotopic (exact) mass is 872 g/mol. The Hall–Kier alpha value is -3.92. The van der Waals surface area contributed by atoms with Crippen LogP contribution in [0.2, 0.25) is 0 Å². The summed E-state index contributed by atoms with van der Waals surface area (Å²) in [6.07, 6.45) is 8.39. The van der Waals surface area contributed by atoms with Crippen LogP contribution in [-0.4, -0.2) is 20.9 Å². The van der Waals surface area contributed by atoms with E-state index < -0.39 is 0 Å². The van der Waals surface area contributed by atoms with Crippen LogP contribution in [0.3, 0.4) is 0 Å². The zero-order chi connectivity index (χ0) is 37.0. The Kier molecular flexibility index (Phi) is 13.2. The SMILES string of the molecule is CC(C)(C)c1cc(-c2ncnc3c2CCc2cc(-c4ccccc4)ccc2-3)[c-]c2ccccc12.CCC(C)(CC)C(=O)/C=C(\O)C(C)(CC)CC.[Ir]. The van der Waals surface area contributed by atoms with Crippen LogP contribution in [0.5, 0.6) is 0 Å². The van der Waals surface area contributed by atoms with Gasteiger partial charge >= 0.3 is 0 Å². The van der Waals surface area contributed by atoms with Gasteiger partial charge < -0.3 is 5.11 Å². The molecule has 1 radical (unpaired) electrons. The van der Waals surface area contributed by atoms with Gasteiger partial charge in [0.1, 0.15) is 12.1 Å². The number of rotatable bonds is 9. The molecule has 4 nitrogen and oxygen atoms in total. The molecule has 1 aliphatic carbocycles. The maximum atomic E-state index is 12.2. The summed E-state index contributed by atoms with van der Waals surface area (Å²) in [4.78, 5) is 21.7. The average Bonchev–Trinajstić information content (AvgIpc) is 3.16. The van der Waals surface area contributed by atoms with Crippen LogP contribution in [0, 0.1) is 16.9 Å². The van der Waals surface area contributed by atoms with E-state index in [2.05, 4.69) is 106 Å². The first-order chi connectivity index (χ1) is 24.3. The molecule has 0 fully saturated rings. The van der Waals surface area contributed by atoms with Gasteiger partial charge in [-0.25, -0.2) is 4.98 Å². The second kappa shape index (κ2) is 16.8. The number of fused-ring (bicyclic) bond motifs is 4. The molecule has 0 unspecified atom stereocenters. The fourth-order valence-electron chi connectivity index (χ4n) is 6.88. The molecule has 0 atom stereocenters. The minimum atomic E-state index is -0.337. The number of aromatic nitrogens is 2. The Bertz CT molecular complexity index is 2030. The number of aliphatic hydroxyl groups is 1. The van der Waals surface area contributed by atoms with E-state index in [9.17, 15) is 9.90 Å². The van der Waals surface area contributed by atoms with Gasteiger partial charge in [-0.1, -0.05) is 140 Å². The fourth-order valence-corrected chi connectivity index (χ4v) is 6.88. The number of carbonyl (C=O) groups is 1. The summed E-state index contributed by atoms with van der Waals surface area (Å²) >= 11 is 0. The number of aryl methyl sites for hydroxylation is 1. The zero-order valence-corrected chi connectivity index (χ0v) is 34.9. The van der Waals surface area contributed by atoms with E-state index in [1.54, 1.807) is 6.33 Å². The first kappa shape index (κ1) is 40.8. The minimum absolute atomic E-state index is 0. The summed E-state index contributed by atoms with van der Waals surface area (Å²) in [6.45, 7) is 18.9. The normalized spacial score (nSPS) is 13.0. The molecule has 0 saturated heterocycles. The third-order valence-corrected chi connectivity index (χ3v) is 11.5. The summed E-state index contributed by atoms with van der Waals surface area (Å²) < 4.78 is 0. The second-order valence-electron chi connectivity index (χ2n) is 15.6. The Morgan fingerprint density at radius 3 is 2.00 bits per heavy atom. The first-order valence-corrected chi connectivity index (χ1v) is 18.7. The Morgan fingerprint density at radius 1 is 0.750 bits per heavy atom. The predicted molar refractivity (Wildman–Crippen MR) is 214 cm³/mol. The van der Waals surface area contributed by atoms with Crippen LogP contribution in [0.15, 0.2) is 97.0 Å². The number of hydrogen-bond donors (Lipinski definition) is 1. The van der Waals surface area contributed by atoms with Crippen molar-refractivity contribution in [3.63, 3.8) is 0 Å². The van der Waals surface area contributed by atoms with Crippen molar-refractivity contribution in [1.82, 2.24) is 9.97 Å². The van der Waals surface area contributed by atoms with Crippen molar-refractivity contribution in [2.24, 2.45) is 10.8 Å². The van der Waals surface area contributed by atoms with E-state index in [0.29, 0.717) is 0 Å². The fraction of sp³-hybridized carbons (Fsp3) is 0.383. The van der Waals surface area contributed by atoms with E-state index in [-0.39, 0.29) is 47.9 Å². The van der Waals surface area contributed by atoms with Crippen LogP contribution < -0.4 is 0 Å². The van der Waals surface area contributed by atoms with Crippen LogP contribution in [-0.2, 0) is 43.2 Å². The van der Waals surface area contributed by atoms with Gasteiger partial charge in [0.15, 0.2) is 5.78 Å². The Morgan fingerprint density at radius 2 is 1.37 bits per heavy atom. The van der Waals surface area contributed by atoms with Gasteiger partial charge in [0.25, 0.3) is 0 Å². The standard InChI is InChI=1S/C32H27N2.C15H28O2.Ir/c1-32(2,3)29-19-25(18-23-11-7-8-12-26(23)29)30-28-16-14-24-17-22(21-9-5-4-6-10-21)13-15-27(24)31(28)34-20-33-30;1-7-14(5,8-2)12(16)11-13(17)15(6,9-3)10-4;/h4-13,15,17,19-20H,14,16H2,1-3H3;11,16H,7-10H2,1-6H3;/q-1;;/b;12-11-;. The van der Waals surface area contributed by atoms with Gasteiger partial charge in [0.05, 0.1) is 5.69 Å². The molecular formula is C47H55IrN2O2-. The first-order valence-electron chi connectivity index (χ1n) is 18.7. The number of ketones is 1. The third-order valence-electron chi connectivity index (χ3n) is 11.5. The molecular weight excluding hydrogens is 817 g/mol. The van der Waals surface area contributed by atoms with E-state index in [1.165, 1.54) is 44.8 Å². The molecule has 0 spiro atoms. The van der Waals surface area contributed by atoms with E-state index in [1.807, 2.05) is 41.5 Å². The van der Waals surface area contributed by atoms with Crippen molar-refractivity contribution >= 4 is 16.6 Å². The van der Waals surface area contributed by atoms with Gasteiger partial charge in [-0.2, -0.15) is 0 Å². The Labute approximate surface area is 325 Å². The molecule has 4 aromatic carbocycles. The quantitative estimate of drug-likeness (QED) is 0.0910. The molecule has 1 aromatic heterocycles. The number of nitrogens with zero attached hydrogens (tertiary/aromatic N) is 2. The predicted octanol–water partition coefficient (Wildman–Crippen LogP) is 12.5. The maximum Gasteiger partial charge on any atom is 0.164 e. The van der Waals surface area contributed by atoms with Gasteiger partial charge in [-0.3, -0.25) is 9.78 Å². The molecule has 275 valence electrons. The number of hydrogen-bond acceptors (Lipinski definition) is 4. The molecule has 1 heterocycles. The summed E-state index contributed by atoms with van der Waals surface area (Å²) in [7, 11) is 0. The van der Waals surface area contributed by atoms with Crippen LogP contribution in [0.25, 0.3) is 44.4 Å². The van der Waals surface area contributed by atoms with E-state index in [4.69, 9.17) is 9.97 Å². The van der Waals surface area contributed by atoms with E-state index in [0.717, 1.165) is 60.9 Å². The molecule has 0 bridgehead atoms. The molecule has 1 aliphatic rings. The molecule has 5 aromatic rings. The molecule has 5 heteroatoms. The average molecular weight is 872 g/mol. The number of carbonyl (C=O) groups excluding carboxylic acids is 1. The summed E-state index contributed by atoms with van der Waals surface area (Å²) in [5.74, 6) is 0.286. The molecule has 0 aliphatic heterocycles. The van der Waals surface area contributed by atoms with E-state index >= 15 is 0 Å². The topological polar surface area (TPSA) is 63.1 Å². The second-order valence-corrected chi connectivity index (χ2v) is 15.6. The van der Waals surface area contributed by atoms with Crippen LogP contribution in [0.4, 0.5) is 0 Å².